The molecule has 3 atom stereocenters. The molecule has 1 aliphatic carbocycles. The molecule has 0 bridgehead atoms. The first-order valence-corrected chi connectivity index (χ1v) is 7.21. The maximum Gasteiger partial charge on any atom is 0.332 e. The summed E-state index contributed by atoms with van der Waals surface area (Å²) in [5, 5.41) is 14.4. The highest BCUT2D eigenvalue weighted by molar-refractivity contribution is 6.28. The SMILES string of the molecule is Cc1nc(Cl)nc(NC2CCC(C)C(C)C2)c1[N+](=O)[O-]. The van der Waals surface area contributed by atoms with E-state index in [1.54, 1.807) is 6.92 Å². The van der Waals surface area contributed by atoms with Crippen LogP contribution in [0.5, 0.6) is 0 Å². The Morgan fingerprint density at radius 1 is 1.30 bits per heavy atom. The Morgan fingerprint density at radius 2 is 2.00 bits per heavy atom. The van der Waals surface area contributed by atoms with E-state index in [-0.39, 0.29) is 28.5 Å². The fraction of sp³-hybridized carbons (Fsp3) is 0.692. The molecule has 6 nitrogen and oxygen atoms in total. The molecular weight excluding hydrogens is 280 g/mol. The lowest BCUT2D eigenvalue weighted by molar-refractivity contribution is -0.385. The molecule has 0 saturated heterocycles. The van der Waals surface area contributed by atoms with Gasteiger partial charge in [-0.15, -0.1) is 0 Å². The van der Waals surface area contributed by atoms with Crippen LogP contribution in [0.1, 0.15) is 38.8 Å². The fourth-order valence-electron chi connectivity index (χ4n) is 2.72. The summed E-state index contributed by atoms with van der Waals surface area (Å²) in [6.07, 6.45) is 3.09. The minimum atomic E-state index is -0.455. The summed E-state index contributed by atoms with van der Waals surface area (Å²) in [5.41, 5.74) is 0.204. The molecule has 1 aromatic rings. The zero-order valence-electron chi connectivity index (χ0n) is 11.9. The van der Waals surface area contributed by atoms with E-state index >= 15 is 0 Å². The van der Waals surface area contributed by atoms with Crippen LogP contribution in [0.15, 0.2) is 0 Å². The molecule has 0 spiro atoms. The second-order valence-electron chi connectivity index (χ2n) is 5.64. The van der Waals surface area contributed by atoms with Crippen molar-refractivity contribution in [3.8, 4) is 0 Å². The number of aryl methyl sites for hydroxylation is 1. The summed E-state index contributed by atoms with van der Waals surface area (Å²) in [6, 6.07) is 0.199. The van der Waals surface area contributed by atoms with Crippen molar-refractivity contribution in [1.82, 2.24) is 9.97 Å². The summed E-state index contributed by atoms with van der Waals surface area (Å²) in [7, 11) is 0. The summed E-state index contributed by atoms with van der Waals surface area (Å²) >= 11 is 5.81. The van der Waals surface area contributed by atoms with Gasteiger partial charge in [-0.25, -0.2) is 4.98 Å². The molecule has 0 aliphatic heterocycles. The van der Waals surface area contributed by atoms with Crippen LogP contribution in [0.25, 0.3) is 0 Å². The molecule has 1 heterocycles. The summed E-state index contributed by atoms with van der Waals surface area (Å²) in [4.78, 5) is 18.5. The predicted octanol–water partition coefficient (Wildman–Crippen LogP) is 3.58. The van der Waals surface area contributed by atoms with Crippen molar-refractivity contribution in [3.05, 3.63) is 21.1 Å². The standard InChI is InChI=1S/C13H19ClN4O2/c1-7-4-5-10(6-8(7)2)16-12-11(18(19)20)9(3)15-13(14)17-12/h7-8,10H,4-6H2,1-3H3,(H,15,16,17). The Labute approximate surface area is 123 Å². The summed E-state index contributed by atoms with van der Waals surface area (Å²) in [5.74, 6) is 1.52. The van der Waals surface area contributed by atoms with Gasteiger partial charge in [-0.1, -0.05) is 13.8 Å². The Morgan fingerprint density at radius 3 is 2.60 bits per heavy atom. The highest BCUT2D eigenvalue weighted by atomic mass is 35.5. The quantitative estimate of drug-likeness (QED) is 0.524. The minimum absolute atomic E-state index is 0.0350. The molecule has 0 aromatic carbocycles. The largest absolute Gasteiger partial charge is 0.361 e. The highest BCUT2D eigenvalue weighted by Gasteiger charge is 2.28. The van der Waals surface area contributed by atoms with E-state index in [1.807, 2.05) is 0 Å². The summed E-state index contributed by atoms with van der Waals surface area (Å²) in [6.45, 7) is 6.03. The molecule has 1 saturated carbocycles. The van der Waals surface area contributed by atoms with E-state index in [2.05, 4.69) is 29.1 Å². The van der Waals surface area contributed by atoms with E-state index in [4.69, 9.17) is 11.6 Å². The van der Waals surface area contributed by atoms with Gasteiger partial charge in [0.05, 0.1) is 4.92 Å². The number of anilines is 1. The topological polar surface area (TPSA) is 81.0 Å². The molecule has 2 rings (SSSR count). The normalized spacial score (nSPS) is 26.3. The van der Waals surface area contributed by atoms with Crippen molar-refractivity contribution in [1.29, 1.82) is 0 Å². The van der Waals surface area contributed by atoms with Gasteiger partial charge in [-0.3, -0.25) is 10.1 Å². The van der Waals surface area contributed by atoms with Crippen LogP contribution in [0, 0.1) is 28.9 Å². The first-order valence-electron chi connectivity index (χ1n) is 6.83. The summed E-state index contributed by atoms with van der Waals surface area (Å²) < 4.78 is 0. The third-order valence-corrected chi connectivity index (χ3v) is 4.32. The van der Waals surface area contributed by atoms with Crippen LogP contribution in [0.2, 0.25) is 5.28 Å². The molecule has 0 amide bonds. The van der Waals surface area contributed by atoms with Crippen LogP contribution in [-0.4, -0.2) is 20.9 Å². The van der Waals surface area contributed by atoms with Crippen LogP contribution < -0.4 is 5.32 Å². The molecule has 1 aliphatic rings. The molecule has 1 fully saturated rings. The molecule has 3 unspecified atom stereocenters. The van der Waals surface area contributed by atoms with Crippen molar-refractivity contribution < 1.29 is 4.92 Å². The highest BCUT2D eigenvalue weighted by Crippen LogP contribution is 2.33. The number of rotatable bonds is 3. The lowest BCUT2D eigenvalue weighted by atomic mass is 9.79. The zero-order valence-corrected chi connectivity index (χ0v) is 12.6. The average molecular weight is 299 g/mol. The fourth-order valence-corrected chi connectivity index (χ4v) is 2.94. The van der Waals surface area contributed by atoms with Gasteiger partial charge < -0.3 is 5.32 Å². The van der Waals surface area contributed by atoms with Crippen LogP contribution in [-0.2, 0) is 0 Å². The Kier molecular flexibility index (Phi) is 4.42. The second kappa shape index (κ2) is 5.91. The van der Waals surface area contributed by atoms with Gasteiger partial charge in [0.15, 0.2) is 0 Å². The maximum atomic E-state index is 11.2. The molecular formula is C13H19ClN4O2. The van der Waals surface area contributed by atoms with Gasteiger partial charge >= 0.3 is 5.69 Å². The van der Waals surface area contributed by atoms with Crippen molar-refractivity contribution in [3.63, 3.8) is 0 Å². The maximum absolute atomic E-state index is 11.2. The van der Waals surface area contributed by atoms with Crippen molar-refractivity contribution in [2.24, 2.45) is 11.8 Å². The second-order valence-corrected chi connectivity index (χ2v) is 5.98. The molecule has 0 radical (unpaired) electrons. The number of hydrogen-bond acceptors (Lipinski definition) is 5. The van der Waals surface area contributed by atoms with Crippen molar-refractivity contribution in [2.75, 3.05) is 5.32 Å². The minimum Gasteiger partial charge on any atom is -0.361 e. The van der Waals surface area contributed by atoms with E-state index in [9.17, 15) is 10.1 Å². The van der Waals surface area contributed by atoms with Gasteiger partial charge in [-0.05, 0) is 49.6 Å². The molecule has 20 heavy (non-hydrogen) atoms. The molecule has 1 N–H and O–H groups in total. The monoisotopic (exact) mass is 298 g/mol. The lowest BCUT2D eigenvalue weighted by Gasteiger charge is -2.32. The first-order chi connectivity index (χ1) is 9.38. The third-order valence-electron chi connectivity index (χ3n) is 4.15. The number of nitrogens with zero attached hydrogens (tertiary/aromatic N) is 3. The van der Waals surface area contributed by atoms with Gasteiger partial charge in [0.25, 0.3) is 0 Å². The van der Waals surface area contributed by atoms with Crippen LogP contribution in [0.4, 0.5) is 11.5 Å². The van der Waals surface area contributed by atoms with E-state index < -0.39 is 4.92 Å². The van der Waals surface area contributed by atoms with E-state index in [1.165, 1.54) is 0 Å². The van der Waals surface area contributed by atoms with Crippen molar-refractivity contribution >= 4 is 23.1 Å². The average Bonchev–Trinajstić information content (AvgIpc) is 2.32. The Balaban J connectivity index is 2.23. The number of halogens is 1. The van der Waals surface area contributed by atoms with Crippen LogP contribution >= 0.6 is 11.6 Å². The predicted molar refractivity (Wildman–Crippen MR) is 78.0 cm³/mol. The number of hydrogen-bond donors (Lipinski definition) is 1. The molecule has 7 heteroatoms. The molecule has 110 valence electrons. The first kappa shape index (κ1) is 15.0. The Hall–Kier alpha value is -1.43. The number of nitrogens with one attached hydrogen (secondary N) is 1. The van der Waals surface area contributed by atoms with Crippen LogP contribution in [0.3, 0.4) is 0 Å². The van der Waals surface area contributed by atoms with Gasteiger partial charge in [0, 0.05) is 6.04 Å². The Bertz CT molecular complexity index is 523. The number of nitro groups is 1. The molecule has 1 aromatic heterocycles. The van der Waals surface area contributed by atoms with E-state index in [0.29, 0.717) is 11.8 Å². The lowest BCUT2D eigenvalue weighted by Crippen LogP contribution is -2.31. The third kappa shape index (κ3) is 3.17. The number of aromatic nitrogens is 2. The van der Waals surface area contributed by atoms with Gasteiger partial charge in [0.2, 0.25) is 11.1 Å². The zero-order chi connectivity index (χ0) is 14.9. The smallest absolute Gasteiger partial charge is 0.332 e. The van der Waals surface area contributed by atoms with Gasteiger partial charge in [0.1, 0.15) is 5.69 Å². The van der Waals surface area contributed by atoms with Gasteiger partial charge in [-0.2, -0.15) is 4.98 Å². The van der Waals surface area contributed by atoms with Crippen molar-refractivity contribution in [2.45, 2.75) is 46.1 Å². The van der Waals surface area contributed by atoms with E-state index in [0.717, 1.165) is 19.3 Å².